The molecule has 0 atom stereocenters. The smallest absolute Gasteiger partial charge is 0.356 e. The molecule has 2 rings (SSSR count). The van der Waals surface area contributed by atoms with Gasteiger partial charge < -0.3 is 10.1 Å². The van der Waals surface area contributed by atoms with E-state index in [0.29, 0.717) is 5.69 Å². The van der Waals surface area contributed by atoms with Crippen LogP contribution in [0.4, 0.5) is 5.69 Å². The lowest BCUT2D eigenvalue weighted by Crippen LogP contribution is -2.06. The van der Waals surface area contributed by atoms with Gasteiger partial charge in [0.25, 0.3) is 0 Å². The molecular formula is C14H16N2O2. The van der Waals surface area contributed by atoms with Gasteiger partial charge in [-0.2, -0.15) is 0 Å². The lowest BCUT2D eigenvalue weighted by Gasteiger charge is -2.11. The Labute approximate surface area is 106 Å². The van der Waals surface area contributed by atoms with Crippen LogP contribution in [0.5, 0.6) is 0 Å². The van der Waals surface area contributed by atoms with Gasteiger partial charge in [0.15, 0.2) is 5.69 Å². The molecule has 0 amide bonds. The van der Waals surface area contributed by atoms with Crippen molar-refractivity contribution in [3.05, 3.63) is 35.0 Å². The average molecular weight is 244 g/mol. The molecule has 18 heavy (non-hydrogen) atoms. The van der Waals surface area contributed by atoms with Gasteiger partial charge in [0, 0.05) is 18.1 Å². The Hall–Kier alpha value is -2.10. The fraction of sp³-hybridized carbons (Fsp3) is 0.286. The third kappa shape index (κ3) is 2.01. The van der Waals surface area contributed by atoms with E-state index >= 15 is 0 Å². The van der Waals surface area contributed by atoms with E-state index in [9.17, 15) is 4.79 Å². The van der Waals surface area contributed by atoms with Crippen LogP contribution in [0.2, 0.25) is 0 Å². The third-order valence-corrected chi connectivity index (χ3v) is 2.91. The summed E-state index contributed by atoms with van der Waals surface area (Å²) in [5.41, 5.74) is 4.27. The Bertz CT molecular complexity index is 621. The van der Waals surface area contributed by atoms with Crippen molar-refractivity contribution in [2.24, 2.45) is 0 Å². The molecule has 0 aliphatic rings. The van der Waals surface area contributed by atoms with Gasteiger partial charge in [-0.25, -0.2) is 9.78 Å². The Morgan fingerprint density at radius 1 is 1.28 bits per heavy atom. The van der Waals surface area contributed by atoms with Gasteiger partial charge in [0.2, 0.25) is 0 Å². The van der Waals surface area contributed by atoms with E-state index in [4.69, 9.17) is 4.74 Å². The molecule has 0 saturated carbocycles. The van der Waals surface area contributed by atoms with Crippen LogP contribution in [-0.2, 0) is 4.74 Å². The van der Waals surface area contributed by atoms with E-state index in [-0.39, 0.29) is 0 Å². The SMILES string of the molecule is CNc1cc(C(=O)OC)nc2cc(C)cc(C)c12. The van der Waals surface area contributed by atoms with E-state index in [1.54, 1.807) is 6.07 Å². The second kappa shape index (κ2) is 4.64. The molecule has 0 radical (unpaired) electrons. The summed E-state index contributed by atoms with van der Waals surface area (Å²) in [5, 5.41) is 4.14. The van der Waals surface area contributed by atoms with Gasteiger partial charge in [0.1, 0.15) is 0 Å². The van der Waals surface area contributed by atoms with Gasteiger partial charge in [-0.3, -0.25) is 0 Å². The third-order valence-electron chi connectivity index (χ3n) is 2.91. The Morgan fingerprint density at radius 2 is 2.00 bits per heavy atom. The number of ether oxygens (including phenoxy) is 1. The van der Waals surface area contributed by atoms with Crippen LogP contribution in [0.25, 0.3) is 10.9 Å². The summed E-state index contributed by atoms with van der Waals surface area (Å²) in [7, 11) is 3.18. The lowest BCUT2D eigenvalue weighted by atomic mass is 10.0. The van der Waals surface area contributed by atoms with Crippen molar-refractivity contribution in [2.45, 2.75) is 13.8 Å². The van der Waals surface area contributed by atoms with E-state index in [0.717, 1.165) is 27.7 Å². The number of methoxy groups -OCH3 is 1. The van der Waals surface area contributed by atoms with Gasteiger partial charge >= 0.3 is 5.97 Å². The minimum atomic E-state index is -0.424. The first-order valence-electron chi connectivity index (χ1n) is 5.75. The summed E-state index contributed by atoms with van der Waals surface area (Å²) >= 11 is 0. The molecule has 0 fully saturated rings. The number of aromatic nitrogens is 1. The first-order chi connectivity index (χ1) is 8.56. The fourth-order valence-electron chi connectivity index (χ4n) is 2.16. The van der Waals surface area contributed by atoms with Crippen LogP contribution < -0.4 is 5.32 Å². The van der Waals surface area contributed by atoms with Crippen molar-refractivity contribution >= 4 is 22.6 Å². The number of aryl methyl sites for hydroxylation is 2. The number of anilines is 1. The molecule has 0 aliphatic heterocycles. The van der Waals surface area contributed by atoms with Crippen LogP contribution in [0.1, 0.15) is 21.6 Å². The summed E-state index contributed by atoms with van der Waals surface area (Å²) in [4.78, 5) is 15.9. The van der Waals surface area contributed by atoms with Crippen molar-refractivity contribution in [3.8, 4) is 0 Å². The number of pyridine rings is 1. The van der Waals surface area contributed by atoms with Crippen molar-refractivity contribution in [3.63, 3.8) is 0 Å². The number of benzene rings is 1. The molecule has 0 spiro atoms. The van der Waals surface area contributed by atoms with Crippen LogP contribution >= 0.6 is 0 Å². The number of rotatable bonds is 2. The maximum atomic E-state index is 11.6. The zero-order chi connectivity index (χ0) is 13.3. The molecule has 4 heteroatoms. The highest BCUT2D eigenvalue weighted by atomic mass is 16.5. The van der Waals surface area contributed by atoms with Crippen LogP contribution in [0.15, 0.2) is 18.2 Å². The number of carbonyl (C=O) groups is 1. The average Bonchev–Trinajstić information content (AvgIpc) is 2.35. The minimum Gasteiger partial charge on any atom is -0.464 e. The summed E-state index contributed by atoms with van der Waals surface area (Å²) in [6, 6.07) is 5.79. The number of carbonyl (C=O) groups excluding carboxylic acids is 1. The first kappa shape index (κ1) is 12.4. The predicted molar refractivity (Wildman–Crippen MR) is 72.1 cm³/mol. The largest absolute Gasteiger partial charge is 0.464 e. The number of nitrogens with zero attached hydrogens (tertiary/aromatic N) is 1. The molecule has 94 valence electrons. The number of fused-ring (bicyclic) bond motifs is 1. The molecule has 4 nitrogen and oxygen atoms in total. The molecule has 1 aromatic carbocycles. The van der Waals surface area contributed by atoms with Crippen molar-refractivity contribution in [1.29, 1.82) is 0 Å². The number of hydrogen-bond donors (Lipinski definition) is 1. The lowest BCUT2D eigenvalue weighted by molar-refractivity contribution is 0.0594. The molecular weight excluding hydrogens is 228 g/mol. The normalized spacial score (nSPS) is 10.4. The summed E-state index contributed by atoms with van der Waals surface area (Å²) in [6.07, 6.45) is 0. The first-order valence-corrected chi connectivity index (χ1v) is 5.75. The second-order valence-electron chi connectivity index (χ2n) is 4.27. The van der Waals surface area contributed by atoms with Gasteiger partial charge in [-0.1, -0.05) is 6.07 Å². The molecule has 0 unspecified atom stereocenters. The zero-order valence-corrected chi connectivity index (χ0v) is 11.0. The molecule has 1 heterocycles. The maximum Gasteiger partial charge on any atom is 0.356 e. The summed E-state index contributed by atoms with van der Waals surface area (Å²) < 4.78 is 4.72. The quantitative estimate of drug-likeness (QED) is 0.825. The molecule has 0 bridgehead atoms. The predicted octanol–water partition coefficient (Wildman–Crippen LogP) is 2.68. The molecule has 1 N–H and O–H groups in total. The topological polar surface area (TPSA) is 51.2 Å². The second-order valence-corrected chi connectivity index (χ2v) is 4.27. The van der Waals surface area contributed by atoms with E-state index in [2.05, 4.69) is 16.4 Å². The fourth-order valence-corrected chi connectivity index (χ4v) is 2.16. The van der Waals surface area contributed by atoms with Crippen molar-refractivity contribution < 1.29 is 9.53 Å². The monoisotopic (exact) mass is 244 g/mol. The Morgan fingerprint density at radius 3 is 2.61 bits per heavy atom. The highest BCUT2D eigenvalue weighted by Gasteiger charge is 2.13. The standard InChI is InChI=1S/C14H16N2O2/c1-8-5-9(2)13-10(15-3)7-12(14(17)18-4)16-11(13)6-8/h5-7H,1-4H3,(H,15,16). The van der Waals surface area contributed by atoms with Crippen molar-refractivity contribution in [2.75, 3.05) is 19.5 Å². The Kier molecular flexibility index (Phi) is 3.19. The highest BCUT2D eigenvalue weighted by Crippen LogP contribution is 2.27. The number of nitrogens with one attached hydrogen (secondary N) is 1. The summed E-state index contributed by atoms with van der Waals surface area (Å²) in [5.74, 6) is -0.424. The van der Waals surface area contributed by atoms with E-state index < -0.39 is 5.97 Å². The van der Waals surface area contributed by atoms with Gasteiger partial charge in [0.05, 0.1) is 12.6 Å². The van der Waals surface area contributed by atoms with E-state index in [1.165, 1.54) is 7.11 Å². The minimum absolute atomic E-state index is 0.319. The number of hydrogen-bond acceptors (Lipinski definition) is 4. The number of esters is 1. The van der Waals surface area contributed by atoms with Gasteiger partial charge in [-0.15, -0.1) is 0 Å². The van der Waals surface area contributed by atoms with Crippen LogP contribution in [-0.4, -0.2) is 25.1 Å². The van der Waals surface area contributed by atoms with E-state index in [1.807, 2.05) is 27.0 Å². The molecule has 0 saturated heterocycles. The molecule has 0 aliphatic carbocycles. The molecule has 2 aromatic rings. The summed E-state index contributed by atoms with van der Waals surface area (Å²) in [6.45, 7) is 4.05. The maximum absolute atomic E-state index is 11.6. The van der Waals surface area contributed by atoms with Gasteiger partial charge in [-0.05, 0) is 37.1 Å². The highest BCUT2D eigenvalue weighted by molar-refractivity contribution is 5.99. The Balaban J connectivity index is 2.79. The molecule has 1 aromatic heterocycles. The zero-order valence-electron chi connectivity index (χ0n) is 11.0. The van der Waals surface area contributed by atoms with Crippen LogP contribution in [0.3, 0.4) is 0 Å². The van der Waals surface area contributed by atoms with Crippen LogP contribution in [0, 0.1) is 13.8 Å². The van der Waals surface area contributed by atoms with Crippen molar-refractivity contribution in [1.82, 2.24) is 4.98 Å².